The molecule has 2 atom stereocenters. The van der Waals surface area contributed by atoms with E-state index in [1.54, 1.807) is 17.0 Å². The van der Waals surface area contributed by atoms with Crippen LogP contribution in [-0.4, -0.2) is 30.9 Å². The summed E-state index contributed by atoms with van der Waals surface area (Å²) in [6.07, 6.45) is 3.21. The van der Waals surface area contributed by atoms with Gasteiger partial charge in [-0.2, -0.15) is 0 Å². The number of para-hydroxylation sites is 1. The van der Waals surface area contributed by atoms with Crippen LogP contribution < -0.4 is 4.90 Å². The zero-order valence-electron chi connectivity index (χ0n) is 15.2. The zero-order chi connectivity index (χ0) is 18.1. The lowest BCUT2D eigenvalue weighted by molar-refractivity contribution is -0.131. The molecule has 2 aliphatic rings. The highest BCUT2D eigenvalue weighted by Crippen LogP contribution is 2.49. The summed E-state index contributed by atoms with van der Waals surface area (Å²) in [5.41, 5.74) is 3.11. The Kier molecular flexibility index (Phi) is 4.66. The largest absolute Gasteiger partial charge is 0.371 e. The molecule has 1 heterocycles. The van der Waals surface area contributed by atoms with Crippen LogP contribution in [0.2, 0.25) is 0 Å². The molecular weight excluding hydrogens is 327 g/mol. The zero-order valence-corrected chi connectivity index (χ0v) is 15.2. The SMILES string of the molecule is CN(Cc1ccccc1N1CCCC1)C(=O)[C@@H]1C[C@@H]1c1ccccc1F. The smallest absolute Gasteiger partial charge is 0.226 e. The van der Waals surface area contributed by atoms with Crippen LogP contribution in [0.25, 0.3) is 0 Å². The summed E-state index contributed by atoms with van der Waals surface area (Å²) in [5, 5.41) is 0. The van der Waals surface area contributed by atoms with Crippen LogP contribution >= 0.6 is 0 Å². The number of hydrogen-bond donors (Lipinski definition) is 0. The molecule has 0 bridgehead atoms. The summed E-state index contributed by atoms with van der Waals surface area (Å²) in [6, 6.07) is 15.2. The lowest BCUT2D eigenvalue weighted by Gasteiger charge is -2.24. The first-order chi connectivity index (χ1) is 12.6. The van der Waals surface area contributed by atoms with E-state index < -0.39 is 0 Å². The molecule has 0 unspecified atom stereocenters. The summed E-state index contributed by atoms with van der Waals surface area (Å²) < 4.78 is 14.0. The van der Waals surface area contributed by atoms with Gasteiger partial charge in [0, 0.05) is 38.3 Å². The maximum atomic E-state index is 14.0. The lowest BCUT2D eigenvalue weighted by atomic mass is 10.1. The standard InChI is InChI=1S/C22H25FN2O/c1-24(15-16-8-2-5-11-21(16)25-12-6-7-13-25)22(26)19-14-18(19)17-9-3-4-10-20(17)23/h2-5,8-11,18-19H,6-7,12-15H2,1H3/t18-,19-/m1/s1. The Morgan fingerprint density at radius 2 is 1.81 bits per heavy atom. The Balaban J connectivity index is 1.44. The van der Waals surface area contributed by atoms with Crippen molar-refractivity contribution in [3.8, 4) is 0 Å². The van der Waals surface area contributed by atoms with Gasteiger partial charge in [0.05, 0.1) is 0 Å². The normalized spacial score (nSPS) is 21.7. The molecule has 1 saturated carbocycles. The molecular formula is C22H25FN2O. The summed E-state index contributed by atoms with van der Waals surface area (Å²) in [6.45, 7) is 2.78. The van der Waals surface area contributed by atoms with Crippen molar-refractivity contribution in [2.75, 3.05) is 25.0 Å². The number of benzene rings is 2. The van der Waals surface area contributed by atoms with Crippen LogP contribution in [-0.2, 0) is 11.3 Å². The van der Waals surface area contributed by atoms with Gasteiger partial charge in [-0.15, -0.1) is 0 Å². The maximum Gasteiger partial charge on any atom is 0.226 e. The van der Waals surface area contributed by atoms with E-state index in [0.29, 0.717) is 12.1 Å². The predicted octanol–water partition coefficient (Wildman–Crippen LogP) is 4.19. The molecule has 0 radical (unpaired) electrons. The molecule has 2 aromatic rings. The van der Waals surface area contributed by atoms with Crippen molar-refractivity contribution < 1.29 is 9.18 Å². The molecule has 4 rings (SSSR count). The number of carbonyl (C=O) groups excluding carboxylic acids is 1. The molecule has 2 fully saturated rings. The predicted molar refractivity (Wildman–Crippen MR) is 102 cm³/mol. The number of nitrogens with zero attached hydrogens (tertiary/aromatic N) is 2. The Bertz CT molecular complexity index is 800. The number of halogens is 1. The molecule has 1 aliphatic heterocycles. The Hall–Kier alpha value is -2.36. The van der Waals surface area contributed by atoms with Gasteiger partial charge in [0.25, 0.3) is 0 Å². The van der Waals surface area contributed by atoms with Crippen molar-refractivity contribution in [2.24, 2.45) is 5.92 Å². The van der Waals surface area contributed by atoms with Crippen LogP contribution in [0.1, 0.15) is 36.3 Å². The van der Waals surface area contributed by atoms with Crippen LogP contribution in [0.3, 0.4) is 0 Å². The molecule has 136 valence electrons. The quantitative estimate of drug-likeness (QED) is 0.806. The minimum absolute atomic E-state index is 0.0278. The van der Waals surface area contributed by atoms with E-state index in [1.807, 2.05) is 19.2 Å². The Morgan fingerprint density at radius 3 is 2.58 bits per heavy atom. The number of anilines is 1. The van der Waals surface area contributed by atoms with Crippen molar-refractivity contribution in [1.29, 1.82) is 0 Å². The van der Waals surface area contributed by atoms with Crippen LogP contribution in [0.15, 0.2) is 48.5 Å². The Labute approximate surface area is 154 Å². The van der Waals surface area contributed by atoms with E-state index in [4.69, 9.17) is 0 Å². The monoisotopic (exact) mass is 352 g/mol. The molecule has 0 aromatic heterocycles. The van der Waals surface area contributed by atoms with Crippen LogP contribution in [0.4, 0.5) is 10.1 Å². The minimum atomic E-state index is -0.199. The van der Waals surface area contributed by atoms with Gasteiger partial charge in [-0.3, -0.25) is 4.79 Å². The fourth-order valence-corrected chi connectivity index (χ4v) is 4.12. The first-order valence-electron chi connectivity index (χ1n) is 9.47. The summed E-state index contributed by atoms with van der Waals surface area (Å²) in [5.74, 6) is -0.139. The number of carbonyl (C=O) groups is 1. The van der Waals surface area contributed by atoms with Gasteiger partial charge < -0.3 is 9.80 Å². The molecule has 3 nitrogen and oxygen atoms in total. The van der Waals surface area contributed by atoms with Gasteiger partial charge in [0.15, 0.2) is 0 Å². The maximum absolute atomic E-state index is 14.0. The van der Waals surface area contributed by atoms with Crippen LogP contribution in [0, 0.1) is 11.7 Å². The highest BCUT2D eigenvalue weighted by molar-refractivity contribution is 5.83. The van der Waals surface area contributed by atoms with Crippen molar-refractivity contribution in [3.05, 3.63) is 65.5 Å². The number of rotatable bonds is 5. The van der Waals surface area contributed by atoms with E-state index >= 15 is 0 Å². The third-order valence-corrected chi connectivity index (χ3v) is 5.63. The van der Waals surface area contributed by atoms with Gasteiger partial charge in [0.1, 0.15) is 5.82 Å². The minimum Gasteiger partial charge on any atom is -0.371 e. The second-order valence-corrected chi connectivity index (χ2v) is 7.49. The highest BCUT2D eigenvalue weighted by Gasteiger charge is 2.46. The molecule has 1 aliphatic carbocycles. The summed E-state index contributed by atoms with van der Waals surface area (Å²) in [4.78, 5) is 17.0. The number of amides is 1. The van der Waals surface area contributed by atoms with Crippen molar-refractivity contribution in [2.45, 2.75) is 31.7 Å². The molecule has 1 amide bonds. The van der Waals surface area contributed by atoms with Gasteiger partial charge >= 0.3 is 0 Å². The molecule has 2 aromatic carbocycles. The lowest BCUT2D eigenvalue weighted by Crippen LogP contribution is -2.29. The average molecular weight is 352 g/mol. The second kappa shape index (κ2) is 7.10. The van der Waals surface area contributed by atoms with Gasteiger partial charge in [-0.1, -0.05) is 36.4 Å². The second-order valence-electron chi connectivity index (χ2n) is 7.49. The topological polar surface area (TPSA) is 23.6 Å². The third kappa shape index (κ3) is 3.33. The molecule has 0 spiro atoms. The third-order valence-electron chi connectivity index (χ3n) is 5.63. The van der Waals surface area contributed by atoms with Crippen LogP contribution in [0.5, 0.6) is 0 Å². The van der Waals surface area contributed by atoms with E-state index in [1.165, 1.54) is 30.2 Å². The molecule has 26 heavy (non-hydrogen) atoms. The van der Waals surface area contributed by atoms with Crippen molar-refractivity contribution >= 4 is 11.6 Å². The fraction of sp³-hybridized carbons (Fsp3) is 0.409. The summed E-state index contributed by atoms with van der Waals surface area (Å²) in [7, 11) is 1.86. The van der Waals surface area contributed by atoms with E-state index in [2.05, 4.69) is 23.1 Å². The van der Waals surface area contributed by atoms with Crippen molar-refractivity contribution in [3.63, 3.8) is 0 Å². The molecule has 4 heteroatoms. The van der Waals surface area contributed by atoms with Gasteiger partial charge in [-0.05, 0) is 48.4 Å². The first kappa shape index (κ1) is 17.1. The van der Waals surface area contributed by atoms with Crippen molar-refractivity contribution in [1.82, 2.24) is 4.90 Å². The number of hydrogen-bond acceptors (Lipinski definition) is 2. The van der Waals surface area contributed by atoms with E-state index in [0.717, 1.165) is 19.5 Å². The van der Waals surface area contributed by atoms with Gasteiger partial charge in [-0.25, -0.2) is 4.39 Å². The highest BCUT2D eigenvalue weighted by atomic mass is 19.1. The van der Waals surface area contributed by atoms with E-state index in [9.17, 15) is 9.18 Å². The van der Waals surface area contributed by atoms with Gasteiger partial charge in [0.2, 0.25) is 5.91 Å². The Morgan fingerprint density at radius 1 is 1.12 bits per heavy atom. The summed E-state index contributed by atoms with van der Waals surface area (Å²) >= 11 is 0. The first-order valence-corrected chi connectivity index (χ1v) is 9.47. The molecule has 1 saturated heterocycles. The average Bonchev–Trinajstić information content (AvgIpc) is 3.25. The molecule has 0 N–H and O–H groups in total. The fourth-order valence-electron chi connectivity index (χ4n) is 4.12. The van der Waals surface area contributed by atoms with E-state index in [-0.39, 0.29) is 23.6 Å².